The van der Waals surface area contributed by atoms with Crippen LogP contribution in [-0.4, -0.2) is 114 Å². The summed E-state index contributed by atoms with van der Waals surface area (Å²) in [6.07, 6.45) is -15.1. The van der Waals surface area contributed by atoms with Crippen molar-refractivity contribution < 1.29 is 69.3 Å². The van der Waals surface area contributed by atoms with E-state index in [4.69, 9.17) is 23.4 Å². The van der Waals surface area contributed by atoms with Crippen molar-refractivity contribution in [3.8, 4) is 34.3 Å². The fraction of sp³-hybridized carbons (Fsp3) is 0.444. The number of aliphatic hydroxyl groups is 6. The molecular formula is C27H30O15. The fourth-order valence-corrected chi connectivity index (χ4v) is 4.76. The number of benzene rings is 2. The molecule has 10 atom stereocenters. The van der Waals surface area contributed by atoms with Gasteiger partial charge in [-0.25, -0.2) is 0 Å². The molecule has 2 aromatic carbocycles. The first-order valence-corrected chi connectivity index (χ1v) is 12.9. The Bertz CT molecular complexity index is 1490. The van der Waals surface area contributed by atoms with Crippen LogP contribution >= 0.6 is 0 Å². The van der Waals surface area contributed by atoms with Crippen molar-refractivity contribution in [3.05, 3.63) is 46.6 Å². The molecule has 0 bridgehead atoms. The van der Waals surface area contributed by atoms with E-state index in [1.807, 2.05) is 0 Å². The van der Waals surface area contributed by atoms with E-state index < -0.39 is 84.9 Å². The second-order valence-electron chi connectivity index (χ2n) is 10.1. The van der Waals surface area contributed by atoms with Gasteiger partial charge in [-0.15, -0.1) is 0 Å². The normalized spacial score (nSPS) is 33.5. The Labute approximate surface area is 236 Å². The monoisotopic (exact) mass is 594 g/mol. The molecule has 0 saturated carbocycles. The minimum absolute atomic E-state index is 0.0110. The molecule has 3 heterocycles. The van der Waals surface area contributed by atoms with Gasteiger partial charge in [0.2, 0.25) is 6.29 Å². The van der Waals surface area contributed by atoms with E-state index in [9.17, 15) is 50.8 Å². The predicted octanol–water partition coefficient (Wildman–Crippen LogP) is -1.39. The molecule has 0 amide bonds. The molecule has 228 valence electrons. The Kier molecular flexibility index (Phi) is 8.30. The lowest BCUT2D eigenvalue weighted by atomic mass is 9.98. The largest absolute Gasteiger partial charge is 0.507 e. The topological polar surface area (TPSA) is 249 Å². The average Bonchev–Trinajstić information content (AvgIpc) is 2.95. The van der Waals surface area contributed by atoms with Crippen LogP contribution in [0.1, 0.15) is 6.92 Å². The van der Waals surface area contributed by atoms with E-state index in [0.717, 1.165) is 12.1 Å². The van der Waals surface area contributed by atoms with E-state index in [1.54, 1.807) is 0 Å². The third-order valence-corrected chi connectivity index (χ3v) is 7.20. The van der Waals surface area contributed by atoms with Crippen molar-refractivity contribution in [1.82, 2.24) is 0 Å². The maximum Gasteiger partial charge on any atom is 0.229 e. The number of ether oxygens (including phenoxy) is 4. The summed E-state index contributed by atoms with van der Waals surface area (Å²) in [6.45, 7) is 0.938. The number of aliphatic hydroxyl groups excluding tert-OH is 6. The van der Waals surface area contributed by atoms with Gasteiger partial charge in [-0.1, -0.05) is 0 Å². The first kappa shape index (κ1) is 30.0. The van der Waals surface area contributed by atoms with Crippen LogP contribution in [0.25, 0.3) is 22.3 Å². The molecule has 2 aliphatic rings. The Hall–Kier alpha value is -3.51. The highest BCUT2D eigenvalue weighted by molar-refractivity contribution is 5.86. The van der Waals surface area contributed by atoms with Gasteiger partial charge in [0.05, 0.1) is 12.7 Å². The number of hydrogen-bond donors (Lipinski definition) is 9. The van der Waals surface area contributed by atoms with Gasteiger partial charge < -0.3 is 69.3 Å². The highest BCUT2D eigenvalue weighted by atomic mass is 16.7. The van der Waals surface area contributed by atoms with E-state index in [2.05, 4.69) is 0 Å². The van der Waals surface area contributed by atoms with Crippen LogP contribution in [-0.2, 0) is 14.2 Å². The molecule has 0 aliphatic carbocycles. The van der Waals surface area contributed by atoms with Gasteiger partial charge in [-0.2, -0.15) is 0 Å². The van der Waals surface area contributed by atoms with Gasteiger partial charge in [0.15, 0.2) is 23.2 Å². The van der Waals surface area contributed by atoms with Crippen LogP contribution < -0.4 is 10.2 Å². The second kappa shape index (κ2) is 11.6. The maximum atomic E-state index is 12.7. The van der Waals surface area contributed by atoms with Crippen LogP contribution in [0.3, 0.4) is 0 Å². The Morgan fingerprint density at radius 1 is 0.738 bits per heavy atom. The quantitative estimate of drug-likeness (QED) is 0.149. The second-order valence-corrected chi connectivity index (χ2v) is 10.1. The first-order chi connectivity index (χ1) is 19.8. The molecule has 2 aliphatic heterocycles. The van der Waals surface area contributed by atoms with E-state index in [-0.39, 0.29) is 33.8 Å². The molecule has 9 N–H and O–H groups in total. The zero-order valence-electron chi connectivity index (χ0n) is 21.9. The summed E-state index contributed by atoms with van der Waals surface area (Å²) in [4.78, 5) is 12.7. The molecule has 2 fully saturated rings. The molecule has 3 aromatic rings. The SMILES string of the molecule is CC1OC(OCC2OC(Oc3cc(O)c4c(=O)cc(-c5ccc(O)c(O)c5)oc4c3)C(O)C(O)C2O)C(O)C(O)C1O. The standard InChI is InChI=1S/C27H30O15/c1-9-20(32)22(34)24(36)26(39-9)38-8-18-21(33)23(35)25(37)27(42-18)40-11-5-14(30)19-15(31)7-16(41-17(19)6-11)10-2-3-12(28)13(29)4-10/h2-7,9,18,20-30,32-37H,8H2,1H3. The summed E-state index contributed by atoms with van der Waals surface area (Å²) in [5.41, 5.74) is -0.541. The predicted molar refractivity (Wildman–Crippen MR) is 139 cm³/mol. The summed E-state index contributed by atoms with van der Waals surface area (Å²) in [6, 6.07) is 7.09. The van der Waals surface area contributed by atoms with E-state index in [0.29, 0.717) is 0 Å². The molecular weight excluding hydrogens is 564 g/mol. The summed E-state index contributed by atoms with van der Waals surface area (Å²) in [5.74, 6) is -1.56. The molecule has 0 spiro atoms. The molecule has 15 heteroatoms. The van der Waals surface area contributed by atoms with Crippen LogP contribution in [0.4, 0.5) is 0 Å². The van der Waals surface area contributed by atoms with Crippen LogP contribution in [0.15, 0.2) is 45.6 Å². The highest BCUT2D eigenvalue weighted by Crippen LogP contribution is 2.35. The molecule has 42 heavy (non-hydrogen) atoms. The molecule has 5 rings (SSSR count). The zero-order chi connectivity index (χ0) is 30.5. The van der Waals surface area contributed by atoms with Crippen LogP contribution in [0.5, 0.6) is 23.0 Å². The minimum Gasteiger partial charge on any atom is -0.507 e. The summed E-state index contributed by atoms with van der Waals surface area (Å²) in [7, 11) is 0. The summed E-state index contributed by atoms with van der Waals surface area (Å²) < 4.78 is 27.8. The van der Waals surface area contributed by atoms with Gasteiger partial charge in [-0.3, -0.25) is 4.79 Å². The van der Waals surface area contributed by atoms with Crippen molar-refractivity contribution in [1.29, 1.82) is 0 Å². The maximum absolute atomic E-state index is 12.7. The third-order valence-electron chi connectivity index (χ3n) is 7.20. The van der Waals surface area contributed by atoms with Gasteiger partial charge in [0.25, 0.3) is 0 Å². The zero-order valence-corrected chi connectivity index (χ0v) is 21.9. The van der Waals surface area contributed by atoms with Crippen molar-refractivity contribution in [3.63, 3.8) is 0 Å². The van der Waals surface area contributed by atoms with Gasteiger partial charge >= 0.3 is 0 Å². The van der Waals surface area contributed by atoms with Gasteiger partial charge in [0.1, 0.15) is 71.0 Å². The van der Waals surface area contributed by atoms with Crippen molar-refractivity contribution in [2.24, 2.45) is 0 Å². The van der Waals surface area contributed by atoms with Crippen molar-refractivity contribution in [2.75, 3.05) is 6.61 Å². The lowest BCUT2D eigenvalue weighted by molar-refractivity contribution is -0.318. The molecule has 10 unspecified atom stereocenters. The molecule has 1 aromatic heterocycles. The third kappa shape index (κ3) is 5.61. The number of phenolic OH excluding ortho intramolecular Hbond substituents is 3. The molecule has 0 radical (unpaired) electrons. The van der Waals surface area contributed by atoms with E-state index in [1.165, 1.54) is 31.2 Å². The van der Waals surface area contributed by atoms with Crippen LogP contribution in [0.2, 0.25) is 0 Å². The first-order valence-electron chi connectivity index (χ1n) is 12.9. The van der Waals surface area contributed by atoms with Gasteiger partial charge in [-0.05, 0) is 25.1 Å². The Morgan fingerprint density at radius 2 is 1.43 bits per heavy atom. The molecule has 15 nitrogen and oxygen atoms in total. The Balaban J connectivity index is 1.36. The van der Waals surface area contributed by atoms with E-state index >= 15 is 0 Å². The smallest absolute Gasteiger partial charge is 0.229 e. The fourth-order valence-electron chi connectivity index (χ4n) is 4.76. The van der Waals surface area contributed by atoms with Crippen molar-refractivity contribution >= 4 is 11.0 Å². The van der Waals surface area contributed by atoms with Crippen molar-refractivity contribution in [2.45, 2.75) is 68.3 Å². The number of phenols is 3. The highest BCUT2D eigenvalue weighted by Gasteiger charge is 2.47. The lowest BCUT2D eigenvalue weighted by Crippen LogP contribution is -2.61. The van der Waals surface area contributed by atoms with Gasteiger partial charge in [0, 0.05) is 23.8 Å². The number of rotatable bonds is 6. The minimum atomic E-state index is -1.79. The summed E-state index contributed by atoms with van der Waals surface area (Å²) in [5, 5.41) is 91.0. The lowest BCUT2D eigenvalue weighted by Gasteiger charge is -2.42. The van der Waals surface area contributed by atoms with Crippen LogP contribution in [0, 0.1) is 0 Å². The number of hydrogen-bond acceptors (Lipinski definition) is 15. The number of fused-ring (bicyclic) bond motifs is 1. The summed E-state index contributed by atoms with van der Waals surface area (Å²) >= 11 is 0. The Morgan fingerprint density at radius 3 is 2.14 bits per heavy atom. The number of aromatic hydroxyl groups is 3. The average molecular weight is 595 g/mol. The molecule has 2 saturated heterocycles.